The van der Waals surface area contributed by atoms with Crippen LogP contribution in [0.2, 0.25) is 5.02 Å². The third kappa shape index (κ3) is 1.44. The summed E-state index contributed by atoms with van der Waals surface area (Å²) in [5.74, 6) is -0.944. The number of hydrogen-bond donors (Lipinski definition) is 1. The van der Waals surface area contributed by atoms with Crippen LogP contribution in [0.25, 0.3) is 11.0 Å². The summed E-state index contributed by atoms with van der Waals surface area (Å²) < 4.78 is 4.94. The third-order valence-corrected chi connectivity index (χ3v) is 2.14. The Morgan fingerprint density at radius 3 is 3.07 bits per heavy atom. The van der Waals surface area contributed by atoms with E-state index in [1.807, 2.05) is 0 Å². The van der Waals surface area contributed by atoms with Crippen molar-refractivity contribution in [1.29, 1.82) is 0 Å². The molecule has 0 radical (unpaired) electrons. The van der Waals surface area contributed by atoms with Crippen molar-refractivity contribution in [3.05, 3.63) is 28.9 Å². The zero-order valence-corrected chi connectivity index (χ0v) is 7.78. The van der Waals surface area contributed by atoms with Gasteiger partial charge in [0.2, 0.25) is 0 Å². The van der Waals surface area contributed by atoms with Crippen LogP contribution < -0.4 is 0 Å². The minimum absolute atomic E-state index is 0.159. The summed E-state index contributed by atoms with van der Waals surface area (Å²) in [5.41, 5.74) is 0.834. The number of halogens is 1. The smallest absolute Gasteiger partial charge is 0.309 e. The largest absolute Gasteiger partial charge is 0.481 e. The summed E-state index contributed by atoms with van der Waals surface area (Å²) >= 11 is 5.83. The fraction of sp³-hybridized carbons (Fsp3) is 0.111. The van der Waals surface area contributed by atoms with E-state index in [1.54, 1.807) is 18.2 Å². The molecule has 4 nitrogen and oxygen atoms in total. The first-order chi connectivity index (χ1) is 6.68. The van der Waals surface area contributed by atoms with Gasteiger partial charge in [0.1, 0.15) is 5.69 Å². The summed E-state index contributed by atoms with van der Waals surface area (Å²) in [6, 6.07) is 5.13. The van der Waals surface area contributed by atoms with Crippen molar-refractivity contribution in [2.45, 2.75) is 6.42 Å². The van der Waals surface area contributed by atoms with Gasteiger partial charge >= 0.3 is 5.97 Å². The number of aliphatic carboxylic acids is 1. The number of aromatic nitrogens is 1. The van der Waals surface area contributed by atoms with Crippen LogP contribution in [0.3, 0.4) is 0 Å². The number of hydrogen-bond acceptors (Lipinski definition) is 3. The second-order valence-corrected chi connectivity index (χ2v) is 3.22. The van der Waals surface area contributed by atoms with Gasteiger partial charge < -0.3 is 9.63 Å². The van der Waals surface area contributed by atoms with Gasteiger partial charge in [0.15, 0.2) is 5.58 Å². The molecular weight excluding hydrogens is 206 g/mol. The van der Waals surface area contributed by atoms with Crippen molar-refractivity contribution in [3.63, 3.8) is 0 Å². The van der Waals surface area contributed by atoms with Gasteiger partial charge in [0, 0.05) is 5.39 Å². The average Bonchev–Trinajstić information content (AvgIpc) is 2.49. The van der Waals surface area contributed by atoms with E-state index in [0.717, 1.165) is 0 Å². The van der Waals surface area contributed by atoms with E-state index >= 15 is 0 Å². The number of benzene rings is 1. The van der Waals surface area contributed by atoms with E-state index in [4.69, 9.17) is 21.2 Å². The Kier molecular flexibility index (Phi) is 2.13. The van der Waals surface area contributed by atoms with Crippen LogP contribution in [0.4, 0.5) is 0 Å². The van der Waals surface area contributed by atoms with Crippen molar-refractivity contribution in [2.75, 3.05) is 0 Å². The van der Waals surface area contributed by atoms with Crippen LogP contribution in [-0.4, -0.2) is 16.2 Å². The zero-order valence-electron chi connectivity index (χ0n) is 7.03. The van der Waals surface area contributed by atoms with Crippen LogP contribution in [-0.2, 0) is 11.2 Å². The molecule has 0 aliphatic heterocycles. The second kappa shape index (κ2) is 3.31. The molecule has 0 aliphatic carbocycles. The van der Waals surface area contributed by atoms with Crippen LogP contribution >= 0.6 is 11.6 Å². The predicted molar refractivity (Wildman–Crippen MR) is 50.4 cm³/mol. The van der Waals surface area contributed by atoms with E-state index in [9.17, 15) is 4.79 Å². The zero-order chi connectivity index (χ0) is 10.1. The topological polar surface area (TPSA) is 63.3 Å². The SMILES string of the molecule is O=C(O)Cc1noc2c(Cl)cccc12. The van der Waals surface area contributed by atoms with Crippen molar-refractivity contribution >= 4 is 28.5 Å². The van der Waals surface area contributed by atoms with Crippen LogP contribution in [0.15, 0.2) is 22.7 Å². The molecule has 0 amide bonds. The van der Waals surface area contributed by atoms with Gasteiger partial charge in [-0.2, -0.15) is 0 Å². The highest BCUT2D eigenvalue weighted by Gasteiger charge is 2.12. The number of carbonyl (C=O) groups is 1. The fourth-order valence-electron chi connectivity index (χ4n) is 1.25. The van der Waals surface area contributed by atoms with Crippen molar-refractivity contribution < 1.29 is 14.4 Å². The van der Waals surface area contributed by atoms with Crippen molar-refractivity contribution in [2.24, 2.45) is 0 Å². The molecule has 1 N–H and O–H groups in total. The van der Waals surface area contributed by atoms with Gasteiger partial charge in [-0.1, -0.05) is 22.8 Å². The Morgan fingerprint density at radius 2 is 2.36 bits per heavy atom. The third-order valence-electron chi connectivity index (χ3n) is 1.84. The highest BCUT2D eigenvalue weighted by Crippen LogP contribution is 2.25. The molecule has 14 heavy (non-hydrogen) atoms. The number of fused-ring (bicyclic) bond motifs is 1. The van der Waals surface area contributed by atoms with Crippen LogP contribution in [0.1, 0.15) is 5.69 Å². The van der Waals surface area contributed by atoms with E-state index < -0.39 is 5.97 Å². The number of carboxylic acids is 1. The van der Waals surface area contributed by atoms with E-state index in [0.29, 0.717) is 21.7 Å². The van der Waals surface area contributed by atoms with Gasteiger partial charge in [-0.25, -0.2) is 0 Å². The lowest BCUT2D eigenvalue weighted by molar-refractivity contribution is -0.136. The minimum Gasteiger partial charge on any atom is -0.481 e. The molecule has 1 aromatic carbocycles. The Balaban J connectivity index is 2.58. The Labute approximate surface area is 84.1 Å². The Morgan fingerprint density at radius 1 is 1.57 bits per heavy atom. The Bertz CT molecular complexity index is 492. The summed E-state index contributed by atoms with van der Waals surface area (Å²) in [7, 11) is 0. The molecule has 1 aromatic heterocycles. The summed E-state index contributed by atoms with van der Waals surface area (Å²) in [4.78, 5) is 10.5. The molecule has 0 fully saturated rings. The maximum Gasteiger partial charge on any atom is 0.309 e. The van der Waals surface area contributed by atoms with Crippen molar-refractivity contribution in [3.8, 4) is 0 Å². The lowest BCUT2D eigenvalue weighted by Gasteiger charge is -1.91. The molecule has 0 atom stereocenters. The van der Waals surface area contributed by atoms with Gasteiger partial charge in [-0.3, -0.25) is 4.79 Å². The number of para-hydroxylation sites is 1. The number of rotatable bonds is 2. The molecule has 72 valence electrons. The summed E-state index contributed by atoms with van der Waals surface area (Å²) in [6.45, 7) is 0. The summed E-state index contributed by atoms with van der Waals surface area (Å²) in [6.07, 6.45) is -0.159. The highest BCUT2D eigenvalue weighted by molar-refractivity contribution is 6.34. The van der Waals surface area contributed by atoms with E-state index in [2.05, 4.69) is 5.16 Å². The first-order valence-electron chi connectivity index (χ1n) is 3.93. The molecule has 0 bridgehead atoms. The number of carboxylic acid groups (broad SMARTS) is 1. The monoisotopic (exact) mass is 211 g/mol. The normalized spacial score (nSPS) is 10.6. The number of nitrogens with zero attached hydrogens (tertiary/aromatic N) is 1. The summed E-state index contributed by atoms with van der Waals surface area (Å²) in [5, 5.41) is 13.3. The standard InChI is InChI=1S/C9H6ClNO3/c10-6-3-1-2-5-7(4-8(12)13)11-14-9(5)6/h1-3H,4H2,(H,12,13). The van der Waals surface area contributed by atoms with Crippen LogP contribution in [0.5, 0.6) is 0 Å². The van der Waals surface area contributed by atoms with Gasteiger partial charge in [-0.15, -0.1) is 0 Å². The fourth-order valence-corrected chi connectivity index (χ4v) is 1.46. The first kappa shape index (κ1) is 9.02. The quantitative estimate of drug-likeness (QED) is 0.826. The lowest BCUT2D eigenvalue weighted by Crippen LogP contribution is -2.00. The second-order valence-electron chi connectivity index (χ2n) is 2.82. The maximum absolute atomic E-state index is 10.5. The molecule has 2 aromatic rings. The highest BCUT2D eigenvalue weighted by atomic mass is 35.5. The van der Waals surface area contributed by atoms with Gasteiger partial charge in [0.05, 0.1) is 11.4 Å². The molecule has 0 aliphatic rings. The van der Waals surface area contributed by atoms with Gasteiger partial charge in [0.25, 0.3) is 0 Å². The molecule has 0 saturated heterocycles. The first-order valence-corrected chi connectivity index (χ1v) is 4.31. The van der Waals surface area contributed by atoms with Crippen LogP contribution in [0, 0.1) is 0 Å². The maximum atomic E-state index is 10.5. The molecule has 2 rings (SSSR count). The van der Waals surface area contributed by atoms with E-state index in [1.165, 1.54) is 0 Å². The van der Waals surface area contributed by atoms with Crippen molar-refractivity contribution in [1.82, 2.24) is 5.16 Å². The van der Waals surface area contributed by atoms with E-state index in [-0.39, 0.29) is 6.42 Å². The average molecular weight is 212 g/mol. The minimum atomic E-state index is -0.944. The Hall–Kier alpha value is -1.55. The molecule has 0 unspecified atom stereocenters. The molecule has 1 heterocycles. The van der Waals surface area contributed by atoms with Gasteiger partial charge in [-0.05, 0) is 12.1 Å². The predicted octanol–water partition coefficient (Wildman–Crippen LogP) is 2.11. The molecule has 0 spiro atoms. The molecule has 0 saturated carbocycles. The lowest BCUT2D eigenvalue weighted by atomic mass is 10.2. The molecular formula is C9H6ClNO3. The molecule has 5 heteroatoms.